The molecule has 0 aromatic carbocycles. The summed E-state index contributed by atoms with van der Waals surface area (Å²) in [6.07, 6.45) is 10.1. The zero-order valence-electron chi connectivity index (χ0n) is 15.0. The molecule has 1 aliphatic carbocycles. The molecule has 2 nitrogen and oxygen atoms in total. The second-order valence-corrected chi connectivity index (χ2v) is 8.45. The fourth-order valence-electron chi connectivity index (χ4n) is 4.37. The number of nitrogens with zero attached hydrogens (tertiary/aromatic N) is 1. The van der Waals surface area contributed by atoms with Crippen molar-refractivity contribution >= 4 is 0 Å². The van der Waals surface area contributed by atoms with Crippen LogP contribution in [0.15, 0.2) is 0 Å². The van der Waals surface area contributed by atoms with Crippen molar-refractivity contribution in [3.63, 3.8) is 0 Å². The summed E-state index contributed by atoms with van der Waals surface area (Å²) < 4.78 is 0. The van der Waals surface area contributed by atoms with Crippen molar-refractivity contribution in [2.45, 2.75) is 78.7 Å². The number of rotatable bonds is 6. The summed E-state index contributed by atoms with van der Waals surface area (Å²) in [5.41, 5.74) is 0.563. The van der Waals surface area contributed by atoms with Crippen molar-refractivity contribution in [2.75, 3.05) is 26.2 Å². The van der Waals surface area contributed by atoms with Gasteiger partial charge in [-0.1, -0.05) is 47.0 Å². The van der Waals surface area contributed by atoms with Crippen LogP contribution >= 0.6 is 0 Å². The topological polar surface area (TPSA) is 15.3 Å². The van der Waals surface area contributed by atoms with Crippen LogP contribution in [0.4, 0.5) is 0 Å². The molecule has 0 aromatic heterocycles. The lowest BCUT2D eigenvalue weighted by atomic mass is 9.73. The van der Waals surface area contributed by atoms with E-state index in [1.807, 2.05) is 0 Å². The molecule has 1 aliphatic heterocycles. The Labute approximate surface area is 133 Å². The molecule has 0 unspecified atom stereocenters. The quantitative estimate of drug-likeness (QED) is 0.785. The molecular weight excluding hydrogens is 256 g/mol. The third kappa shape index (κ3) is 5.25. The summed E-state index contributed by atoms with van der Waals surface area (Å²) in [4.78, 5) is 2.78. The molecule has 0 spiro atoms. The molecule has 0 amide bonds. The highest BCUT2D eigenvalue weighted by molar-refractivity contribution is 4.89. The van der Waals surface area contributed by atoms with Gasteiger partial charge in [0, 0.05) is 19.1 Å². The van der Waals surface area contributed by atoms with Gasteiger partial charge in [0.05, 0.1) is 0 Å². The smallest absolute Gasteiger partial charge is 0.00501 e. The van der Waals surface area contributed by atoms with Gasteiger partial charge in [0.1, 0.15) is 0 Å². The van der Waals surface area contributed by atoms with Crippen LogP contribution in [0.5, 0.6) is 0 Å². The predicted molar refractivity (Wildman–Crippen MR) is 92.7 cm³/mol. The van der Waals surface area contributed by atoms with Crippen molar-refractivity contribution in [3.8, 4) is 0 Å². The molecule has 2 rings (SSSR count). The van der Waals surface area contributed by atoms with Crippen molar-refractivity contribution in [1.29, 1.82) is 0 Å². The van der Waals surface area contributed by atoms with Gasteiger partial charge in [-0.2, -0.15) is 0 Å². The van der Waals surface area contributed by atoms with Gasteiger partial charge in [0.2, 0.25) is 0 Å². The van der Waals surface area contributed by atoms with E-state index in [0.29, 0.717) is 11.5 Å². The molecule has 1 saturated heterocycles. The van der Waals surface area contributed by atoms with Gasteiger partial charge in [-0.25, -0.2) is 0 Å². The first-order valence-electron chi connectivity index (χ1n) is 9.46. The fourth-order valence-corrected chi connectivity index (χ4v) is 4.37. The summed E-state index contributed by atoms with van der Waals surface area (Å²) in [6.45, 7) is 14.6. The van der Waals surface area contributed by atoms with Gasteiger partial charge in [0.15, 0.2) is 0 Å². The second-order valence-electron chi connectivity index (χ2n) is 8.45. The summed E-state index contributed by atoms with van der Waals surface area (Å²) in [5.74, 6) is 1.84. The van der Waals surface area contributed by atoms with Crippen molar-refractivity contribution in [3.05, 3.63) is 0 Å². The maximum Gasteiger partial charge on any atom is 0.00501 e. The SMILES string of the molecule is CC(C)NCC1(CN2CCC(C(C)C)CC2)CCCCC1. The maximum atomic E-state index is 3.75. The molecule has 0 bridgehead atoms. The zero-order valence-corrected chi connectivity index (χ0v) is 15.0. The van der Waals surface area contributed by atoms with E-state index in [0.717, 1.165) is 11.8 Å². The van der Waals surface area contributed by atoms with Crippen LogP contribution in [0.3, 0.4) is 0 Å². The van der Waals surface area contributed by atoms with Gasteiger partial charge in [0.25, 0.3) is 0 Å². The molecule has 0 aromatic rings. The standard InChI is InChI=1S/C19H38N2/c1-16(2)18-8-12-21(13-9-18)15-19(14-20-17(3)4)10-6-5-7-11-19/h16-18,20H,5-15H2,1-4H3. The van der Waals surface area contributed by atoms with Crippen LogP contribution in [0, 0.1) is 17.3 Å². The Bertz CT molecular complexity index is 284. The minimum absolute atomic E-state index is 0.563. The highest BCUT2D eigenvalue weighted by Gasteiger charge is 2.35. The lowest BCUT2D eigenvalue weighted by molar-refractivity contribution is 0.0692. The second kappa shape index (κ2) is 7.97. The molecule has 1 saturated carbocycles. The highest BCUT2D eigenvalue weighted by Crippen LogP contribution is 2.38. The Kier molecular flexibility index (Phi) is 6.55. The monoisotopic (exact) mass is 294 g/mol. The first-order valence-corrected chi connectivity index (χ1v) is 9.46. The van der Waals surface area contributed by atoms with E-state index in [-0.39, 0.29) is 0 Å². The Balaban J connectivity index is 1.87. The van der Waals surface area contributed by atoms with Gasteiger partial charge in [-0.05, 0) is 56.0 Å². The van der Waals surface area contributed by atoms with Crippen LogP contribution in [0.25, 0.3) is 0 Å². The van der Waals surface area contributed by atoms with E-state index in [9.17, 15) is 0 Å². The minimum atomic E-state index is 0.563. The first-order chi connectivity index (χ1) is 10.0. The van der Waals surface area contributed by atoms with Gasteiger partial charge in [-0.15, -0.1) is 0 Å². The summed E-state index contributed by atoms with van der Waals surface area (Å²) in [6, 6.07) is 0.621. The number of likely N-dealkylation sites (tertiary alicyclic amines) is 1. The molecule has 2 fully saturated rings. The Morgan fingerprint density at radius 2 is 1.62 bits per heavy atom. The van der Waals surface area contributed by atoms with Crippen LogP contribution in [0.1, 0.15) is 72.6 Å². The number of hydrogen-bond donors (Lipinski definition) is 1. The minimum Gasteiger partial charge on any atom is -0.314 e. The predicted octanol–water partition coefficient (Wildman–Crippen LogP) is 4.30. The molecule has 0 radical (unpaired) electrons. The molecule has 2 aliphatic rings. The largest absolute Gasteiger partial charge is 0.314 e. The van der Waals surface area contributed by atoms with Gasteiger partial charge < -0.3 is 10.2 Å². The molecule has 0 atom stereocenters. The Morgan fingerprint density at radius 1 is 1.00 bits per heavy atom. The molecule has 21 heavy (non-hydrogen) atoms. The third-order valence-corrected chi connectivity index (χ3v) is 5.93. The maximum absolute atomic E-state index is 3.75. The van der Waals surface area contributed by atoms with Crippen molar-refractivity contribution < 1.29 is 0 Å². The van der Waals surface area contributed by atoms with E-state index in [4.69, 9.17) is 0 Å². The molecule has 124 valence electrons. The molecule has 1 N–H and O–H groups in total. The number of nitrogens with one attached hydrogen (secondary N) is 1. The third-order valence-electron chi connectivity index (χ3n) is 5.93. The normalized spacial score (nSPS) is 24.9. The van der Waals surface area contributed by atoms with E-state index in [1.165, 1.54) is 71.1 Å². The van der Waals surface area contributed by atoms with E-state index < -0.39 is 0 Å². The van der Waals surface area contributed by atoms with Crippen LogP contribution in [-0.2, 0) is 0 Å². The lowest BCUT2D eigenvalue weighted by Gasteiger charge is -2.44. The van der Waals surface area contributed by atoms with E-state index in [2.05, 4.69) is 37.9 Å². The van der Waals surface area contributed by atoms with Crippen LogP contribution < -0.4 is 5.32 Å². The highest BCUT2D eigenvalue weighted by atomic mass is 15.1. The zero-order chi connectivity index (χ0) is 15.3. The molecule has 1 heterocycles. The first kappa shape index (κ1) is 17.3. The molecule has 2 heteroatoms. The summed E-state index contributed by atoms with van der Waals surface area (Å²) >= 11 is 0. The Morgan fingerprint density at radius 3 is 2.14 bits per heavy atom. The van der Waals surface area contributed by atoms with E-state index >= 15 is 0 Å². The van der Waals surface area contributed by atoms with Gasteiger partial charge in [-0.3, -0.25) is 0 Å². The lowest BCUT2D eigenvalue weighted by Crippen LogP contribution is -2.48. The van der Waals surface area contributed by atoms with Crippen LogP contribution in [0.2, 0.25) is 0 Å². The molecular formula is C19H38N2. The average molecular weight is 295 g/mol. The number of hydrogen-bond acceptors (Lipinski definition) is 2. The van der Waals surface area contributed by atoms with Crippen molar-refractivity contribution in [2.24, 2.45) is 17.3 Å². The number of piperidine rings is 1. The van der Waals surface area contributed by atoms with Crippen LogP contribution in [-0.4, -0.2) is 37.1 Å². The Hall–Kier alpha value is -0.0800. The van der Waals surface area contributed by atoms with E-state index in [1.54, 1.807) is 0 Å². The average Bonchev–Trinajstić information content (AvgIpc) is 2.47. The summed E-state index contributed by atoms with van der Waals surface area (Å²) in [7, 11) is 0. The van der Waals surface area contributed by atoms with Crippen molar-refractivity contribution in [1.82, 2.24) is 10.2 Å². The van der Waals surface area contributed by atoms with Gasteiger partial charge >= 0.3 is 0 Å². The summed E-state index contributed by atoms with van der Waals surface area (Å²) in [5, 5.41) is 3.75. The fraction of sp³-hybridized carbons (Fsp3) is 1.00.